The van der Waals surface area contributed by atoms with Crippen LogP contribution in [0.15, 0.2) is 0 Å². The first-order chi connectivity index (χ1) is 14.2. The molecule has 0 atom stereocenters. The molecule has 3 fully saturated rings. The Labute approximate surface area is 181 Å². The highest BCUT2D eigenvalue weighted by Crippen LogP contribution is 2.77. The van der Waals surface area contributed by atoms with Crippen LogP contribution in [0, 0.1) is 0 Å². The molecule has 29 heavy (non-hydrogen) atoms. The average Bonchev–Trinajstić information content (AvgIpc) is 2.77. The zero-order chi connectivity index (χ0) is 20.4. The lowest BCUT2D eigenvalue weighted by Crippen LogP contribution is -2.37. The second kappa shape index (κ2) is 12.7. The number of carbonyl (C=O) groups is 1. The van der Waals surface area contributed by atoms with Gasteiger partial charge >= 0.3 is 5.97 Å². The van der Waals surface area contributed by atoms with Crippen molar-refractivity contribution in [2.24, 2.45) is 0 Å². The molecule has 3 rings (SSSR count). The van der Waals surface area contributed by atoms with Gasteiger partial charge in [0.2, 0.25) is 0 Å². The number of rotatable bonds is 11. The van der Waals surface area contributed by atoms with Crippen molar-refractivity contribution in [1.82, 2.24) is 0 Å². The topological polar surface area (TPSA) is 37.3 Å². The number of hydrogen-bond acceptors (Lipinski definition) is 1. The lowest BCUT2D eigenvalue weighted by Gasteiger charge is -2.49. The Balaban J connectivity index is 1.66. The molecule has 0 saturated heterocycles. The fourth-order valence-electron chi connectivity index (χ4n) is 7.32. The molecule has 3 aliphatic carbocycles. The Kier molecular flexibility index (Phi) is 10.3. The quantitative estimate of drug-likeness (QED) is 0.267. The fraction of sp³-hybridized carbons (Fsp3) is 0.962. The Morgan fingerprint density at radius 1 is 0.586 bits per heavy atom. The Morgan fingerprint density at radius 3 is 1.38 bits per heavy atom. The summed E-state index contributed by atoms with van der Waals surface area (Å²) in [6, 6.07) is 0. The standard InChI is InChI=1S/C26H47O2P/c27-26(28)21-13-2-1-3-14-22-29(23-15-7-4-8-16-23,24-17-9-5-10-18-24)25-19-11-6-12-20-25/h23-25H,1-22H2/p+1. The highest BCUT2D eigenvalue weighted by molar-refractivity contribution is 7.77. The third-order valence-corrected chi connectivity index (χ3v) is 15.4. The van der Waals surface area contributed by atoms with Crippen LogP contribution in [0.4, 0.5) is 0 Å². The van der Waals surface area contributed by atoms with Gasteiger partial charge in [-0.2, -0.15) is 0 Å². The maximum atomic E-state index is 10.7. The van der Waals surface area contributed by atoms with Gasteiger partial charge in [0, 0.05) is 13.7 Å². The number of carboxylic acids is 1. The minimum Gasteiger partial charge on any atom is -0.481 e. The number of aliphatic carboxylic acids is 1. The summed E-state index contributed by atoms with van der Waals surface area (Å²) in [5.74, 6) is -0.623. The molecule has 3 aliphatic rings. The molecule has 0 radical (unpaired) electrons. The smallest absolute Gasteiger partial charge is 0.303 e. The van der Waals surface area contributed by atoms with Gasteiger partial charge in [-0.15, -0.1) is 0 Å². The molecular formula is C26H48O2P+. The molecule has 0 aliphatic heterocycles. The molecule has 0 heterocycles. The molecule has 168 valence electrons. The monoisotopic (exact) mass is 423 g/mol. The van der Waals surface area contributed by atoms with E-state index in [0.717, 1.165) is 29.8 Å². The predicted molar refractivity (Wildman–Crippen MR) is 128 cm³/mol. The first kappa shape index (κ1) is 23.6. The Hall–Kier alpha value is -0.100. The molecule has 3 heteroatoms. The van der Waals surface area contributed by atoms with Gasteiger partial charge < -0.3 is 5.11 Å². The normalized spacial score (nSPS) is 23.3. The van der Waals surface area contributed by atoms with Crippen LogP contribution in [0.3, 0.4) is 0 Å². The Bertz CT molecular complexity index is 414. The summed E-state index contributed by atoms with van der Waals surface area (Å²) in [6.07, 6.45) is 31.0. The number of hydrogen-bond donors (Lipinski definition) is 1. The molecule has 0 aromatic carbocycles. The summed E-state index contributed by atoms with van der Waals surface area (Å²) in [6.45, 7) is 0. The van der Waals surface area contributed by atoms with Gasteiger partial charge in [0.25, 0.3) is 0 Å². The van der Waals surface area contributed by atoms with Crippen molar-refractivity contribution in [2.45, 2.75) is 152 Å². The lowest BCUT2D eigenvalue weighted by atomic mass is 9.99. The largest absolute Gasteiger partial charge is 0.481 e. The zero-order valence-corrected chi connectivity index (χ0v) is 20.0. The molecule has 2 nitrogen and oxygen atoms in total. The van der Waals surface area contributed by atoms with Gasteiger partial charge in [-0.05, 0) is 96.3 Å². The van der Waals surface area contributed by atoms with Crippen LogP contribution in [-0.4, -0.2) is 34.2 Å². The zero-order valence-electron chi connectivity index (χ0n) is 19.1. The van der Waals surface area contributed by atoms with Gasteiger partial charge in [0.05, 0.1) is 23.1 Å². The molecule has 0 aromatic rings. The fourth-order valence-corrected chi connectivity index (χ4v) is 15.0. The molecule has 0 amide bonds. The van der Waals surface area contributed by atoms with Gasteiger partial charge in [-0.1, -0.05) is 32.1 Å². The molecule has 0 unspecified atom stereocenters. The van der Waals surface area contributed by atoms with Crippen LogP contribution in [0.25, 0.3) is 0 Å². The second-order valence-corrected chi connectivity index (χ2v) is 15.1. The highest BCUT2D eigenvalue weighted by Gasteiger charge is 2.56. The SMILES string of the molecule is O=C(O)CCCCCCC[P+](C1CCCCC1)(C1CCCCC1)C1CCCCC1. The van der Waals surface area contributed by atoms with Crippen molar-refractivity contribution in [1.29, 1.82) is 0 Å². The van der Waals surface area contributed by atoms with Crippen LogP contribution < -0.4 is 0 Å². The van der Waals surface area contributed by atoms with Gasteiger partial charge in [-0.3, -0.25) is 4.79 Å². The van der Waals surface area contributed by atoms with Crippen LogP contribution in [0.2, 0.25) is 0 Å². The average molecular weight is 424 g/mol. The van der Waals surface area contributed by atoms with Crippen molar-refractivity contribution >= 4 is 13.2 Å². The summed E-state index contributed by atoms with van der Waals surface area (Å²) < 4.78 is 0. The van der Waals surface area contributed by atoms with Gasteiger partial charge in [-0.25, -0.2) is 0 Å². The van der Waals surface area contributed by atoms with E-state index in [-0.39, 0.29) is 0 Å². The van der Waals surface area contributed by atoms with Crippen LogP contribution in [0.5, 0.6) is 0 Å². The summed E-state index contributed by atoms with van der Waals surface area (Å²) in [7, 11) is -0.888. The van der Waals surface area contributed by atoms with Gasteiger partial charge in [0.1, 0.15) is 0 Å². The maximum Gasteiger partial charge on any atom is 0.303 e. The van der Waals surface area contributed by atoms with E-state index < -0.39 is 13.2 Å². The van der Waals surface area contributed by atoms with E-state index in [1.165, 1.54) is 77.0 Å². The molecule has 0 aromatic heterocycles. The van der Waals surface area contributed by atoms with Gasteiger partial charge in [0.15, 0.2) is 0 Å². The number of carboxylic acid groups (broad SMARTS) is 1. The molecule has 0 spiro atoms. The third-order valence-electron chi connectivity index (χ3n) is 8.70. The third kappa shape index (κ3) is 6.69. The summed E-state index contributed by atoms with van der Waals surface area (Å²) in [4.78, 5) is 10.7. The van der Waals surface area contributed by atoms with Crippen LogP contribution in [-0.2, 0) is 4.79 Å². The predicted octanol–water partition coefficient (Wildman–Crippen LogP) is 8.43. The maximum absolute atomic E-state index is 10.7. The first-order valence-electron chi connectivity index (χ1n) is 13.3. The van der Waals surface area contributed by atoms with Crippen LogP contribution in [0.1, 0.15) is 135 Å². The molecule has 3 saturated carbocycles. The summed E-state index contributed by atoms with van der Waals surface area (Å²) in [5.41, 5.74) is 3.36. The van der Waals surface area contributed by atoms with E-state index in [1.807, 2.05) is 0 Å². The van der Waals surface area contributed by atoms with Crippen molar-refractivity contribution in [3.05, 3.63) is 0 Å². The first-order valence-corrected chi connectivity index (χ1v) is 15.5. The molecule has 0 bridgehead atoms. The van der Waals surface area contributed by atoms with Crippen molar-refractivity contribution in [3.8, 4) is 0 Å². The summed E-state index contributed by atoms with van der Waals surface area (Å²) in [5, 5.41) is 8.86. The minimum absolute atomic E-state index is 0.364. The van der Waals surface area contributed by atoms with E-state index in [2.05, 4.69) is 0 Å². The second-order valence-electron chi connectivity index (χ2n) is 10.5. The van der Waals surface area contributed by atoms with Crippen molar-refractivity contribution in [3.63, 3.8) is 0 Å². The van der Waals surface area contributed by atoms with Crippen molar-refractivity contribution < 1.29 is 9.90 Å². The Morgan fingerprint density at radius 2 is 0.966 bits per heavy atom. The minimum atomic E-state index is -0.888. The van der Waals surface area contributed by atoms with E-state index in [0.29, 0.717) is 6.42 Å². The van der Waals surface area contributed by atoms with E-state index in [9.17, 15) is 4.79 Å². The van der Waals surface area contributed by atoms with Crippen LogP contribution >= 0.6 is 7.26 Å². The molecule has 1 N–H and O–H groups in total. The lowest BCUT2D eigenvalue weighted by molar-refractivity contribution is -0.137. The number of unbranched alkanes of at least 4 members (excludes halogenated alkanes) is 4. The van der Waals surface area contributed by atoms with E-state index in [4.69, 9.17) is 5.11 Å². The van der Waals surface area contributed by atoms with E-state index in [1.54, 1.807) is 44.7 Å². The highest BCUT2D eigenvalue weighted by atomic mass is 31.2. The summed E-state index contributed by atoms with van der Waals surface area (Å²) >= 11 is 0. The van der Waals surface area contributed by atoms with E-state index >= 15 is 0 Å². The van der Waals surface area contributed by atoms with Crippen molar-refractivity contribution in [2.75, 3.05) is 6.16 Å². The molecular weight excluding hydrogens is 375 g/mol.